The fourth-order valence-corrected chi connectivity index (χ4v) is 12.0. The molecule has 0 aliphatic carbocycles. The average Bonchev–Trinajstić information content (AvgIpc) is 3.67. The van der Waals surface area contributed by atoms with Crippen molar-refractivity contribution in [2.75, 3.05) is 6.61 Å². The van der Waals surface area contributed by atoms with Gasteiger partial charge in [0.05, 0.1) is 47.8 Å². The fourth-order valence-electron chi connectivity index (χ4n) is 12.0. The number of hydrogen-bond acceptors (Lipinski definition) is 15. The predicted molar refractivity (Wildman–Crippen MR) is 265 cm³/mol. The normalized spacial score (nSPS) is 36.6. The van der Waals surface area contributed by atoms with Gasteiger partial charge in [0.25, 0.3) is 0 Å². The number of phenols is 1. The Morgan fingerprint density at radius 1 is 0.931 bits per heavy atom. The minimum Gasteiger partial charge on any atom is -0.550 e. The van der Waals surface area contributed by atoms with E-state index in [0.29, 0.717) is 81.1 Å². The van der Waals surface area contributed by atoms with E-state index in [1.54, 1.807) is 25.1 Å². The number of rotatable bonds is 15. The molecule has 7 rings (SSSR count). The van der Waals surface area contributed by atoms with Crippen molar-refractivity contribution in [3.63, 3.8) is 0 Å². The molecule has 4 saturated heterocycles. The molecule has 1 aromatic carbocycles. The molecule has 18 atom stereocenters. The van der Waals surface area contributed by atoms with E-state index in [-0.39, 0.29) is 71.1 Å². The number of carboxylic acid groups (broad SMARTS) is 1. The molecule has 18 unspecified atom stereocenters. The number of aromatic hydroxyl groups is 1. The van der Waals surface area contributed by atoms with E-state index < -0.39 is 88.6 Å². The van der Waals surface area contributed by atoms with Gasteiger partial charge < -0.3 is 63.2 Å². The number of aliphatic carboxylic acids is 1. The molecule has 2 spiro atoms. The van der Waals surface area contributed by atoms with Gasteiger partial charge >= 0.3 is 35.2 Å². The first-order valence-electron chi connectivity index (χ1n) is 26.3. The maximum Gasteiger partial charge on any atom is 1.00 e. The first-order valence-corrected chi connectivity index (χ1v) is 26.3. The van der Waals surface area contributed by atoms with Gasteiger partial charge in [-0.1, -0.05) is 61.0 Å². The van der Waals surface area contributed by atoms with E-state index in [1.165, 1.54) is 18.2 Å². The molecule has 15 nitrogen and oxygen atoms in total. The van der Waals surface area contributed by atoms with Crippen molar-refractivity contribution in [3.8, 4) is 11.5 Å². The van der Waals surface area contributed by atoms with E-state index in [1.807, 2.05) is 61.5 Å². The van der Waals surface area contributed by atoms with Gasteiger partial charge in [0, 0.05) is 59.5 Å². The Balaban J connectivity index is 0.000000425. The largest absolute Gasteiger partial charge is 1.00 e. The molecule has 0 amide bonds. The van der Waals surface area contributed by atoms with Gasteiger partial charge in [-0.25, -0.2) is 4.79 Å². The van der Waals surface area contributed by atoms with Crippen molar-refractivity contribution >= 4 is 22.7 Å². The minimum atomic E-state index is -1.37. The van der Waals surface area contributed by atoms with Crippen molar-refractivity contribution in [3.05, 3.63) is 58.5 Å². The monoisotopic (exact) mass is 1020 g/mol. The Labute approximate surface area is 448 Å². The van der Waals surface area contributed by atoms with Crippen LogP contribution in [0, 0.1) is 41.4 Å². The van der Waals surface area contributed by atoms with Crippen molar-refractivity contribution in [2.24, 2.45) is 41.4 Å². The number of ether oxygens (including phenoxy) is 6. The van der Waals surface area contributed by atoms with Gasteiger partial charge in [-0.2, -0.15) is 0 Å². The summed E-state index contributed by atoms with van der Waals surface area (Å²) in [5.41, 5.74) is -0.541. The standard InChI is InChI=1S/C42H70O11.C14H14O4.Na/c1-11-29(38(46)47)31-15-14-23(4)36(50-31)27(8)34(44)26(7)35(45)30(12-2)37-24(5)22-25(6)41(51-37)19-16-32(43)42(53-41)21-20-39(10,52-42)33-17-18-40(48,13-3)28(9)49-33;1-9(2)5-6-17-13-8-12-10(7-11(13)15)3-4-14(16)18-12;/h16,19,23-34,36-37,43-44,48H,11-15,17-18,20-22H2,1-10H3,(H,46,47);3-5,7-8,15H,6H2,1-2H3;/q;;+1/p-1. The molecule has 6 heterocycles. The summed E-state index contributed by atoms with van der Waals surface area (Å²) >= 11 is 0. The number of phenolic OH excluding ortho intramolecular Hbond substituents is 1. The van der Waals surface area contributed by atoms with Crippen LogP contribution in [0.3, 0.4) is 0 Å². The summed E-state index contributed by atoms with van der Waals surface area (Å²) in [5.74, 6) is -5.91. The van der Waals surface area contributed by atoms with Crippen LogP contribution in [0.15, 0.2) is 57.3 Å². The van der Waals surface area contributed by atoms with Crippen LogP contribution >= 0.6 is 0 Å². The molecule has 16 heteroatoms. The number of aliphatic hydroxyl groups is 3. The first-order chi connectivity index (χ1) is 33.4. The van der Waals surface area contributed by atoms with Crippen LogP contribution < -0.4 is 45.0 Å². The summed E-state index contributed by atoms with van der Waals surface area (Å²) in [6, 6.07) is 5.94. The minimum absolute atomic E-state index is 0. The molecule has 4 fully saturated rings. The Bertz CT molecular complexity index is 2280. The molecule has 4 N–H and O–H groups in total. The number of ketones is 1. The van der Waals surface area contributed by atoms with Crippen LogP contribution in [0.25, 0.3) is 11.0 Å². The second-order valence-corrected chi connectivity index (χ2v) is 22.1. The second-order valence-electron chi connectivity index (χ2n) is 22.1. The van der Waals surface area contributed by atoms with Crippen LogP contribution in [0.5, 0.6) is 11.5 Å². The molecular formula is C56H83NaO15. The fraction of sp³-hybridized carbons (Fsp3) is 0.732. The summed E-state index contributed by atoms with van der Waals surface area (Å²) in [5, 5.41) is 56.4. The molecular weight excluding hydrogens is 936 g/mol. The number of allylic oxidation sites excluding steroid dienone is 1. The van der Waals surface area contributed by atoms with Crippen molar-refractivity contribution < 1.29 is 97.5 Å². The van der Waals surface area contributed by atoms with Gasteiger partial charge in [-0.05, 0) is 128 Å². The van der Waals surface area contributed by atoms with Crippen LogP contribution in [-0.2, 0) is 33.3 Å². The number of Topliss-reactive ketones (excluding diaryl/α,β-unsaturated/α-hetero) is 1. The van der Waals surface area contributed by atoms with E-state index in [9.17, 15) is 39.9 Å². The Hall–Kier alpha value is -2.67. The zero-order valence-electron chi connectivity index (χ0n) is 45.2. The summed E-state index contributed by atoms with van der Waals surface area (Å²) < 4.78 is 43.9. The number of benzene rings is 1. The third-order valence-corrected chi connectivity index (χ3v) is 16.9. The summed E-state index contributed by atoms with van der Waals surface area (Å²) in [4.78, 5) is 37.3. The smallest absolute Gasteiger partial charge is 0.550 e. The van der Waals surface area contributed by atoms with Gasteiger partial charge in [0.15, 0.2) is 17.3 Å². The van der Waals surface area contributed by atoms with E-state index in [2.05, 4.69) is 20.8 Å². The molecule has 2 aromatic rings. The first kappa shape index (κ1) is 60.2. The third-order valence-electron chi connectivity index (χ3n) is 16.9. The van der Waals surface area contributed by atoms with Crippen molar-refractivity contribution in [2.45, 2.75) is 213 Å². The molecule has 0 saturated carbocycles. The molecule has 72 heavy (non-hydrogen) atoms. The molecule has 5 aliphatic rings. The van der Waals surface area contributed by atoms with E-state index >= 15 is 0 Å². The summed E-state index contributed by atoms with van der Waals surface area (Å²) in [7, 11) is 0. The summed E-state index contributed by atoms with van der Waals surface area (Å²) in [6.45, 7) is 23.8. The number of carbonyl (C=O) groups excluding carboxylic acids is 2. The van der Waals surface area contributed by atoms with Gasteiger partial charge in [0.2, 0.25) is 5.79 Å². The predicted octanol–water partition coefficient (Wildman–Crippen LogP) is 4.70. The molecule has 398 valence electrons. The SMILES string of the molecule is CC(C)=CCOc1cc2oc(=O)ccc2cc1O.CCC(C(=O)[O-])C1CCC(C)C(C(C)C(O)C(C)C(=O)C(CC)C2OC3(C=CC(O)C4(CCC(C)(C5CCC(O)(CC)C(C)O5)O4)O3)C(C)CC2C)O1.[Na+]. The topological polar surface area (TPSA) is 224 Å². The Morgan fingerprint density at radius 2 is 1.62 bits per heavy atom. The van der Waals surface area contributed by atoms with Gasteiger partial charge in [-0.3, -0.25) is 4.79 Å². The molecule has 5 aliphatic heterocycles. The van der Waals surface area contributed by atoms with Crippen LogP contribution in [-0.4, -0.2) is 104 Å². The molecule has 0 radical (unpaired) electrons. The average molecular weight is 1020 g/mol. The maximum atomic E-state index is 14.4. The number of aliphatic hydroxyl groups excluding tert-OH is 2. The molecule has 0 bridgehead atoms. The number of hydrogen-bond donors (Lipinski definition) is 4. The van der Waals surface area contributed by atoms with E-state index in [0.717, 1.165) is 12.0 Å². The van der Waals surface area contributed by atoms with Crippen molar-refractivity contribution in [1.82, 2.24) is 0 Å². The quantitative estimate of drug-likeness (QED) is 0.108. The van der Waals surface area contributed by atoms with Gasteiger partial charge in [0.1, 0.15) is 24.1 Å². The number of carbonyl (C=O) groups is 2. The Kier molecular flexibility index (Phi) is 20.5. The number of carboxylic acids is 1. The van der Waals surface area contributed by atoms with Crippen LogP contribution in [0.2, 0.25) is 0 Å². The molecule has 1 aromatic heterocycles. The zero-order chi connectivity index (χ0) is 52.4. The zero-order valence-corrected chi connectivity index (χ0v) is 47.2. The maximum absolute atomic E-state index is 14.4. The van der Waals surface area contributed by atoms with E-state index in [4.69, 9.17) is 32.8 Å². The van der Waals surface area contributed by atoms with Gasteiger partial charge in [-0.15, -0.1) is 0 Å². The van der Waals surface area contributed by atoms with Crippen LogP contribution in [0.1, 0.15) is 147 Å². The third kappa shape index (κ3) is 12.8. The Morgan fingerprint density at radius 3 is 2.25 bits per heavy atom. The number of fused-ring (bicyclic) bond motifs is 1. The van der Waals surface area contributed by atoms with Crippen LogP contribution in [0.4, 0.5) is 0 Å². The van der Waals surface area contributed by atoms with Crippen molar-refractivity contribution in [1.29, 1.82) is 0 Å². The second kappa shape index (κ2) is 24.5. The summed E-state index contributed by atoms with van der Waals surface area (Å²) in [6.07, 6.45) is 7.11.